The van der Waals surface area contributed by atoms with Crippen LogP contribution in [-0.4, -0.2) is 29.4 Å². The molecule has 0 saturated carbocycles. The minimum Gasteiger partial charge on any atom is -0.372 e. The summed E-state index contributed by atoms with van der Waals surface area (Å²) in [6.45, 7) is -1.35. The number of nitrogens with zero attached hydrogens (tertiary/aromatic N) is 2. The first kappa shape index (κ1) is 13.5. The van der Waals surface area contributed by atoms with Crippen LogP contribution in [0, 0.1) is 0 Å². The highest BCUT2D eigenvalue weighted by molar-refractivity contribution is 7.16. The second-order valence-electron chi connectivity index (χ2n) is 3.49. The third-order valence-electron chi connectivity index (χ3n) is 2.06. The van der Waals surface area contributed by atoms with Gasteiger partial charge in [-0.3, -0.25) is 0 Å². The summed E-state index contributed by atoms with van der Waals surface area (Å²) in [6, 6.07) is 1.80. The second-order valence-corrected chi connectivity index (χ2v) is 4.74. The Labute approximate surface area is 110 Å². The number of thiophene rings is 1. The zero-order valence-corrected chi connectivity index (χ0v) is 10.6. The zero-order valence-electron chi connectivity index (χ0n) is 9.00. The van der Waals surface area contributed by atoms with E-state index in [0.29, 0.717) is 11.0 Å². The summed E-state index contributed by atoms with van der Waals surface area (Å²) in [5, 5.41) is 2.89. The van der Waals surface area contributed by atoms with Crippen LogP contribution in [0.1, 0.15) is 5.82 Å². The summed E-state index contributed by atoms with van der Waals surface area (Å²) in [7, 11) is 0. The summed E-state index contributed by atoms with van der Waals surface area (Å²) in [5.41, 5.74) is 0. The van der Waals surface area contributed by atoms with Crippen LogP contribution in [0.4, 0.5) is 13.2 Å². The minimum absolute atomic E-state index is 0.0906. The van der Waals surface area contributed by atoms with Crippen molar-refractivity contribution in [1.29, 1.82) is 0 Å². The predicted octanol–water partition coefficient (Wildman–Crippen LogP) is 3.47. The van der Waals surface area contributed by atoms with E-state index in [9.17, 15) is 13.2 Å². The van der Waals surface area contributed by atoms with Crippen LogP contribution in [0.2, 0.25) is 5.15 Å². The van der Waals surface area contributed by atoms with Crippen LogP contribution < -0.4 is 0 Å². The van der Waals surface area contributed by atoms with Gasteiger partial charge < -0.3 is 4.74 Å². The molecule has 0 radical (unpaired) electrons. The lowest BCUT2D eigenvalue weighted by Crippen LogP contribution is -2.18. The lowest BCUT2D eigenvalue weighted by molar-refractivity contribution is -0.173. The maximum Gasteiger partial charge on any atom is 0.411 e. The Hall–Kier alpha value is -0.920. The molecule has 2 aromatic rings. The SMILES string of the molecule is FC(F)(F)COCCc1nc(Cl)c2ccsc2n1. The maximum absolute atomic E-state index is 11.8. The first-order chi connectivity index (χ1) is 8.46. The quantitative estimate of drug-likeness (QED) is 0.640. The molecule has 98 valence electrons. The van der Waals surface area contributed by atoms with Crippen LogP contribution in [0.5, 0.6) is 0 Å². The van der Waals surface area contributed by atoms with Crippen molar-refractivity contribution in [1.82, 2.24) is 9.97 Å². The molecule has 2 rings (SSSR count). The van der Waals surface area contributed by atoms with E-state index in [1.54, 1.807) is 6.07 Å². The van der Waals surface area contributed by atoms with Crippen molar-refractivity contribution in [2.45, 2.75) is 12.6 Å². The van der Waals surface area contributed by atoms with Gasteiger partial charge in [-0.15, -0.1) is 11.3 Å². The summed E-state index contributed by atoms with van der Waals surface area (Å²) in [5.74, 6) is 0.386. The van der Waals surface area contributed by atoms with Crippen molar-refractivity contribution in [2.24, 2.45) is 0 Å². The van der Waals surface area contributed by atoms with Crippen molar-refractivity contribution in [3.8, 4) is 0 Å². The molecular weight excluding hydrogens is 289 g/mol. The highest BCUT2D eigenvalue weighted by Gasteiger charge is 2.27. The number of aromatic nitrogens is 2. The van der Waals surface area contributed by atoms with E-state index in [1.807, 2.05) is 5.38 Å². The molecule has 0 aromatic carbocycles. The summed E-state index contributed by atoms with van der Waals surface area (Å²) in [4.78, 5) is 8.92. The van der Waals surface area contributed by atoms with Crippen LogP contribution in [-0.2, 0) is 11.2 Å². The zero-order chi connectivity index (χ0) is 13.2. The normalized spacial score (nSPS) is 12.2. The maximum atomic E-state index is 11.8. The van der Waals surface area contributed by atoms with Crippen molar-refractivity contribution < 1.29 is 17.9 Å². The van der Waals surface area contributed by atoms with Gasteiger partial charge in [0, 0.05) is 11.8 Å². The molecule has 0 amide bonds. The van der Waals surface area contributed by atoms with E-state index in [4.69, 9.17) is 11.6 Å². The van der Waals surface area contributed by atoms with Gasteiger partial charge in [0.2, 0.25) is 0 Å². The summed E-state index contributed by atoms with van der Waals surface area (Å²) < 4.78 is 40.0. The Morgan fingerprint density at radius 2 is 2.11 bits per heavy atom. The fourth-order valence-corrected chi connectivity index (χ4v) is 2.41. The van der Waals surface area contributed by atoms with Crippen molar-refractivity contribution in [3.63, 3.8) is 0 Å². The third-order valence-corrected chi connectivity index (χ3v) is 3.16. The predicted molar refractivity (Wildman–Crippen MR) is 63.0 cm³/mol. The molecule has 18 heavy (non-hydrogen) atoms. The topological polar surface area (TPSA) is 35.0 Å². The van der Waals surface area contributed by atoms with E-state index in [1.165, 1.54) is 11.3 Å². The molecule has 0 saturated heterocycles. The molecule has 0 aliphatic rings. The van der Waals surface area contributed by atoms with Crippen molar-refractivity contribution in [3.05, 3.63) is 22.4 Å². The summed E-state index contributed by atoms with van der Waals surface area (Å²) in [6.07, 6.45) is -4.11. The third kappa shape index (κ3) is 3.54. The number of ether oxygens (including phenoxy) is 1. The molecule has 3 nitrogen and oxygen atoms in total. The van der Waals surface area contributed by atoms with E-state index < -0.39 is 12.8 Å². The fourth-order valence-electron chi connectivity index (χ4n) is 1.32. The Bertz CT molecular complexity index is 543. The van der Waals surface area contributed by atoms with Gasteiger partial charge >= 0.3 is 6.18 Å². The van der Waals surface area contributed by atoms with Crippen molar-refractivity contribution in [2.75, 3.05) is 13.2 Å². The van der Waals surface area contributed by atoms with Crippen LogP contribution in [0.15, 0.2) is 11.4 Å². The Balaban J connectivity index is 1.95. The molecule has 2 aromatic heterocycles. The molecule has 0 aliphatic heterocycles. The van der Waals surface area contributed by atoms with Gasteiger partial charge in [0.25, 0.3) is 0 Å². The van der Waals surface area contributed by atoms with Gasteiger partial charge in [-0.1, -0.05) is 11.6 Å². The van der Waals surface area contributed by atoms with Gasteiger partial charge in [0.05, 0.1) is 6.61 Å². The smallest absolute Gasteiger partial charge is 0.372 e. The molecule has 0 atom stereocenters. The van der Waals surface area contributed by atoms with E-state index in [-0.39, 0.29) is 13.0 Å². The molecular formula is C10H8ClF3N2OS. The monoisotopic (exact) mass is 296 g/mol. The Kier molecular flexibility index (Phi) is 4.04. The van der Waals surface area contributed by atoms with Crippen molar-refractivity contribution >= 4 is 33.2 Å². The number of hydrogen-bond donors (Lipinski definition) is 0. The number of alkyl halides is 3. The number of fused-ring (bicyclic) bond motifs is 1. The van der Waals surface area contributed by atoms with Crippen LogP contribution >= 0.6 is 22.9 Å². The van der Waals surface area contributed by atoms with E-state index >= 15 is 0 Å². The number of rotatable bonds is 4. The second kappa shape index (κ2) is 5.38. The molecule has 0 unspecified atom stereocenters. The molecule has 2 heterocycles. The van der Waals surface area contributed by atoms with Gasteiger partial charge in [0.15, 0.2) is 0 Å². The van der Waals surface area contributed by atoms with Gasteiger partial charge in [-0.05, 0) is 11.4 Å². The van der Waals surface area contributed by atoms with Gasteiger partial charge in [-0.2, -0.15) is 13.2 Å². The van der Waals surface area contributed by atoms with E-state index in [0.717, 1.165) is 10.2 Å². The fraction of sp³-hybridized carbons (Fsp3) is 0.400. The van der Waals surface area contributed by atoms with Crippen LogP contribution in [0.25, 0.3) is 10.2 Å². The standard InChI is InChI=1S/C10H8ClF3N2OS/c11-8-6-2-4-18-9(6)16-7(15-8)1-3-17-5-10(12,13)14/h2,4H,1,3,5H2. The van der Waals surface area contributed by atoms with E-state index in [2.05, 4.69) is 14.7 Å². The molecule has 0 fully saturated rings. The highest BCUT2D eigenvalue weighted by Crippen LogP contribution is 2.24. The first-order valence-electron chi connectivity index (χ1n) is 5.00. The largest absolute Gasteiger partial charge is 0.411 e. The Morgan fingerprint density at radius 1 is 1.33 bits per heavy atom. The van der Waals surface area contributed by atoms with Crippen LogP contribution in [0.3, 0.4) is 0 Å². The average Bonchev–Trinajstić information content (AvgIpc) is 2.71. The molecule has 0 spiro atoms. The molecule has 0 aliphatic carbocycles. The summed E-state index contributed by atoms with van der Waals surface area (Å²) >= 11 is 7.33. The number of hydrogen-bond acceptors (Lipinski definition) is 4. The average molecular weight is 297 g/mol. The first-order valence-corrected chi connectivity index (χ1v) is 6.25. The number of halogens is 4. The lowest BCUT2D eigenvalue weighted by atomic mass is 10.4. The lowest BCUT2D eigenvalue weighted by Gasteiger charge is -2.07. The van der Waals surface area contributed by atoms with Gasteiger partial charge in [-0.25, -0.2) is 9.97 Å². The molecule has 0 N–H and O–H groups in total. The minimum atomic E-state index is -4.31. The van der Waals surface area contributed by atoms with Gasteiger partial charge in [0.1, 0.15) is 22.4 Å². The highest BCUT2D eigenvalue weighted by atomic mass is 35.5. The molecule has 0 bridgehead atoms. The molecule has 8 heteroatoms. The Morgan fingerprint density at radius 3 is 2.83 bits per heavy atom.